The van der Waals surface area contributed by atoms with Crippen LogP contribution in [0.4, 0.5) is 0 Å². The van der Waals surface area contributed by atoms with Crippen molar-refractivity contribution in [2.45, 2.75) is 26.2 Å². The minimum absolute atomic E-state index is 0.200. The zero-order chi connectivity index (χ0) is 47.4. The van der Waals surface area contributed by atoms with Crippen molar-refractivity contribution in [2.24, 2.45) is 0 Å². The van der Waals surface area contributed by atoms with E-state index in [1.54, 1.807) is 0 Å². The van der Waals surface area contributed by atoms with Gasteiger partial charge >= 0.3 is 0 Å². The molecule has 0 aliphatic carbocycles. The Morgan fingerprint density at radius 1 is 0.380 bits per heavy atom. The lowest BCUT2D eigenvalue weighted by atomic mass is 9.80. The first-order chi connectivity index (χ1) is 35.1. The Morgan fingerprint density at radius 2 is 0.958 bits per heavy atom. The normalized spacial score (nSPS) is 12.1. The van der Waals surface area contributed by atoms with E-state index >= 15 is 0 Å². The summed E-state index contributed by atoms with van der Waals surface area (Å²) < 4.78 is 2.49. The van der Waals surface area contributed by atoms with Crippen LogP contribution in [-0.2, 0) is 0 Å². The Morgan fingerprint density at radius 3 is 1.66 bits per heavy atom. The van der Waals surface area contributed by atoms with Crippen molar-refractivity contribution in [3.63, 3.8) is 0 Å². The molecule has 0 N–H and O–H groups in total. The maximum atomic E-state index is 5.19. The SMILES string of the molecule is CCC(c1ccc2ccccc2c1)c1ccc2ccccc2c1-c1cc2c3ccc(-c4ccccc4)cc3n(-c3ccc(-c4nc(-c5ccccc5)nc(-c5ccccc5)n4)c4ccccc34)c2cc1C. The topological polar surface area (TPSA) is 43.6 Å². The van der Waals surface area contributed by atoms with Gasteiger partial charge in [-0.25, -0.2) is 15.0 Å². The minimum Gasteiger partial charge on any atom is -0.309 e. The van der Waals surface area contributed by atoms with Crippen molar-refractivity contribution in [1.82, 2.24) is 19.5 Å². The van der Waals surface area contributed by atoms with Crippen LogP contribution in [0.1, 0.15) is 36.0 Å². The molecule has 2 heterocycles. The zero-order valence-corrected chi connectivity index (χ0v) is 39.6. The van der Waals surface area contributed by atoms with Crippen LogP contribution in [0.15, 0.2) is 237 Å². The second-order valence-corrected chi connectivity index (χ2v) is 18.7. The Labute approximate surface area is 413 Å². The lowest BCUT2D eigenvalue weighted by Gasteiger charge is -2.23. The molecule has 13 aromatic rings. The standard InChI is InChI=1S/C67H48N4/c1-3-52(51-32-31-45-21-13-14-27-49(45)40-51)57-36-33-46-22-15-16-28-53(46)64(57)59-42-60-56-35-34-50(44-19-7-4-8-20-44)41-63(56)71(62(60)39-43(59)2)61-38-37-58(54-29-17-18-30-55(54)61)67-69-65(47-23-9-5-10-24-47)68-66(70-67)48-25-11-6-12-26-48/h4-42,52H,3H2,1-2H3. The summed E-state index contributed by atoms with van der Waals surface area (Å²) in [6.07, 6.45) is 0.973. The van der Waals surface area contributed by atoms with Gasteiger partial charge in [-0.1, -0.05) is 213 Å². The van der Waals surface area contributed by atoms with Gasteiger partial charge in [0.1, 0.15) is 0 Å². The first-order valence-electron chi connectivity index (χ1n) is 24.6. The molecule has 71 heavy (non-hydrogen) atoms. The molecule has 1 unspecified atom stereocenters. The Balaban J connectivity index is 1.05. The number of aromatic nitrogens is 4. The van der Waals surface area contributed by atoms with E-state index in [1.165, 1.54) is 71.3 Å². The smallest absolute Gasteiger partial charge is 0.164 e. The van der Waals surface area contributed by atoms with Crippen LogP contribution < -0.4 is 0 Å². The van der Waals surface area contributed by atoms with Gasteiger partial charge in [0.05, 0.1) is 16.7 Å². The van der Waals surface area contributed by atoms with Crippen LogP contribution in [0.2, 0.25) is 0 Å². The number of hydrogen-bond acceptors (Lipinski definition) is 3. The summed E-state index contributed by atoms with van der Waals surface area (Å²) in [7, 11) is 0. The molecule has 0 fully saturated rings. The predicted molar refractivity (Wildman–Crippen MR) is 297 cm³/mol. The van der Waals surface area contributed by atoms with Gasteiger partial charge < -0.3 is 4.57 Å². The van der Waals surface area contributed by atoms with E-state index < -0.39 is 0 Å². The first-order valence-corrected chi connectivity index (χ1v) is 24.6. The molecule has 4 nitrogen and oxygen atoms in total. The van der Waals surface area contributed by atoms with Gasteiger partial charge in [0.25, 0.3) is 0 Å². The maximum absolute atomic E-state index is 5.19. The lowest BCUT2D eigenvalue weighted by molar-refractivity contribution is 0.781. The largest absolute Gasteiger partial charge is 0.309 e. The van der Waals surface area contributed by atoms with E-state index in [2.05, 4.69) is 219 Å². The average molecular weight is 909 g/mol. The van der Waals surface area contributed by atoms with Crippen LogP contribution in [0.5, 0.6) is 0 Å². The summed E-state index contributed by atoms with van der Waals surface area (Å²) in [6, 6.07) is 85.5. The van der Waals surface area contributed by atoms with E-state index in [9.17, 15) is 0 Å². The third kappa shape index (κ3) is 7.35. The fourth-order valence-electron chi connectivity index (χ4n) is 11.0. The fraction of sp³-hybridized carbons (Fsp3) is 0.0597. The van der Waals surface area contributed by atoms with Gasteiger partial charge in [-0.15, -0.1) is 0 Å². The molecule has 0 bridgehead atoms. The Hall–Kier alpha value is -8.99. The molecule has 0 spiro atoms. The summed E-state index contributed by atoms with van der Waals surface area (Å²) in [6.45, 7) is 4.62. The number of nitrogens with zero attached hydrogens (tertiary/aromatic N) is 4. The van der Waals surface area contributed by atoms with E-state index in [0.717, 1.165) is 50.6 Å². The summed E-state index contributed by atoms with van der Waals surface area (Å²) >= 11 is 0. The van der Waals surface area contributed by atoms with Crippen molar-refractivity contribution in [3.8, 4) is 62.1 Å². The maximum Gasteiger partial charge on any atom is 0.164 e. The van der Waals surface area contributed by atoms with Crippen LogP contribution in [0.25, 0.3) is 116 Å². The summed E-state index contributed by atoms with van der Waals surface area (Å²) in [5, 5.41) is 9.64. The van der Waals surface area contributed by atoms with Crippen molar-refractivity contribution >= 4 is 54.1 Å². The van der Waals surface area contributed by atoms with Gasteiger partial charge in [0, 0.05) is 38.8 Å². The molecule has 0 amide bonds. The van der Waals surface area contributed by atoms with Crippen molar-refractivity contribution < 1.29 is 0 Å². The highest BCUT2D eigenvalue weighted by molar-refractivity contribution is 6.14. The molecule has 0 aliphatic heterocycles. The summed E-state index contributed by atoms with van der Waals surface area (Å²) in [5.41, 5.74) is 15.1. The summed E-state index contributed by atoms with van der Waals surface area (Å²) in [4.78, 5) is 15.4. The van der Waals surface area contributed by atoms with Gasteiger partial charge in [0.15, 0.2) is 17.5 Å². The molecule has 0 aliphatic rings. The molecule has 336 valence electrons. The van der Waals surface area contributed by atoms with Gasteiger partial charge in [0.2, 0.25) is 0 Å². The van der Waals surface area contributed by atoms with Crippen LogP contribution in [0, 0.1) is 6.92 Å². The highest BCUT2D eigenvalue weighted by atomic mass is 15.0. The third-order valence-electron chi connectivity index (χ3n) is 14.5. The van der Waals surface area contributed by atoms with Gasteiger partial charge in [-0.3, -0.25) is 0 Å². The van der Waals surface area contributed by atoms with E-state index in [0.29, 0.717) is 17.5 Å². The summed E-state index contributed by atoms with van der Waals surface area (Å²) in [5.74, 6) is 2.11. The first kappa shape index (κ1) is 42.1. The monoisotopic (exact) mass is 908 g/mol. The highest BCUT2D eigenvalue weighted by Crippen LogP contribution is 2.46. The van der Waals surface area contributed by atoms with Gasteiger partial charge in [-0.05, 0) is 110 Å². The van der Waals surface area contributed by atoms with Gasteiger partial charge in [-0.2, -0.15) is 0 Å². The molecular weight excluding hydrogens is 861 g/mol. The second-order valence-electron chi connectivity index (χ2n) is 18.7. The number of aryl methyl sites for hydroxylation is 1. The second kappa shape index (κ2) is 17.5. The van der Waals surface area contributed by atoms with E-state index in [-0.39, 0.29) is 5.92 Å². The van der Waals surface area contributed by atoms with Crippen molar-refractivity contribution in [3.05, 3.63) is 253 Å². The molecular formula is C67H48N4. The number of rotatable bonds is 9. The molecule has 13 rings (SSSR count). The number of benzene rings is 11. The van der Waals surface area contributed by atoms with Crippen LogP contribution >= 0.6 is 0 Å². The average Bonchev–Trinajstić information content (AvgIpc) is 3.75. The Kier molecular flexibility index (Phi) is 10.4. The zero-order valence-electron chi connectivity index (χ0n) is 39.6. The van der Waals surface area contributed by atoms with Crippen molar-refractivity contribution in [2.75, 3.05) is 0 Å². The molecule has 4 heteroatoms. The quantitative estimate of drug-likeness (QED) is 0.145. The van der Waals surface area contributed by atoms with Crippen LogP contribution in [0.3, 0.4) is 0 Å². The lowest BCUT2D eigenvalue weighted by Crippen LogP contribution is -2.04. The molecule has 0 radical (unpaired) electrons. The molecule has 0 saturated carbocycles. The highest BCUT2D eigenvalue weighted by Gasteiger charge is 2.24. The minimum atomic E-state index is 0.200. The van der Waals surface area contributed by atoms with Crippen molar-refractivity contribution in [1.29, 1.82) is 0 Å². The number of fused-ring (bicyclic) bond motifs is 6. The third-order valence-corrected chi connectivity index (χ3v) is 14.5. The molecule has 11 aromatic carbocycles. The molecule has 1 atom stereocenters. The van der Waals surface area contributed by atoms with Crippen LogP contribution in [-0.4, -0.2) is 19.5 Å². The van der Waals surface area contributed by atoms with E-state index in [1.807, 2.05) is 36.4 Å². The molecule has 0 saturated heterocycles. The fourth-order valence-corrected chi connectivity index (χ4v) is 11.0. The van der Waals surface area contributed by atoms with E-state index in [4.69, 9.17) is 15.0 Å². The predicted octanol–water partition coefficient (Wildman–Crippen LogP) is 17.6. The number of hydrogen-bond donors (Lipinski definition) is 0. The Bertz CT molecular complexity index is 4100. The molecule has 2 aromatic heterocycles.